The lowest BCUT2D eigenvalue weighted by atomic mass is 10.2. The zero-order valence-corrected chi connectivity index (χ0v) is 9.44. The molecule has 1 rings (SSSR count). The maximum Gasteiger partial charge on any atom is 0.321 e. The number of nitrogens with zero attached hydrogens (tertiary/aromatic N) is 2. The SMILES string of the molecule is CCN(C)C(=O)Nc1ccc(F)c([N+](=O)[O-])c1. The van der Waals surface area contributed by atoms with Gasteiger partial charge < -0.3 is 10.2 Å². The van der Waals surface area contributed by atoms with E-state index in [9.17, 15) is 19.3 Å². The van der Waals surface area contributed by atoms with Gasteiger partial charge in [-0.25, -0.2) is 4.79 Å². The normalized spacial score (nSPS) is 9.82. The van der Waals surface area contributed by atoms with Crippen LogP contribution in [0, 0.1) is 15.9 Å². The van der Waals surface area contributed by atoms with Crippen molar-refractivity contribution in [2.45, 2.75) is 6.92 Å². The Morgan fingerprint density at radius 2 is 2.24 bits per heavy atom. The molecule has 92 valence electrons. The number of hydrogen-bond donors (Lipinski definition) is 1. The number of benzene rings is 1. The Bertz CT molecular complexity index is 450. The molecule has 1 aromatic carbocycles. The van der Waals surface area contributed by atoms with Gasteiger partial charge in [0, 0.05) is 25.3 Å². The Morgan fingerprint density at radius 3 is 2.76 bits per heavy atom. The molecule has 0 aromatic heterocycles. The van der Waals surface area contributed by atoms with Crippen molar-refractivity contribution < 1.29 is 14.1 Å². The van der Waals surface area contributed by atoms with Gasteiger partial charge in [0.2, 0.25) is 5.82 Å². The highest BCUT2D eigenvalue weighted by Crippen LogP contribution is 2.21. The molecule has 6 nitrogen and oxygen atoms in total. The van der Waals surface area contributed by atoms with Crippen molar-refractivity contribution in [2.24, 2.45) is 0 Å². The summed E-state index contributed by atoms with van der Waals surface area (Å²) in [6, 6.07) is 2.79. The minimum atomic E-state index is -0.933. The Kier molecular flexibility index (Phi) is 3.97. The average molecular weight is 241 g/mol. The Balaban J connectivity index is 2.90. The van der Waals surface area contributed by atoms with Gasteiger partial charge in [-0.15, -0.1) is 0 Å². The molecule has 7 heteroatoms. The molecule has 0 aliphatic carbocycles. The lowest BCUT2D eigenvalue weighted by Gasteiger charge is -2.15. The number of hydrogen-bond acceptors (Lipinski definition) is 3. The molecule has 0 heterocycles. The van der Waals surface area contributed by atoms with E-state index in [-0.39, 0.29) is 5.69 Å². The van der Waals surface area contributed by atoms with Crippen molar-refractivity contribution >= 4 is 17.4 Å². The highest BCUT2D eigenvalue weighted by molar-refractivity contribution is 5.89. The van der Waals surface area contributed by atoms with Gasteiger partial charge in [0.15, 0.2) is 0 Å². The quantitative estimate of drug-likeness (QED) is 0.651. The van der Waals surface area contributed by atoms with E-state index in [1.807, 2.05) is 0 Å². The number of rotatable bonds is 3. The summed E-state index contributed by atoms with van der Waals surface area (Å²) in [5, 5.41) is 12.9. The third kappa shape index (κ3) is 3.13. The topological polar surface area (TPSA) is 75.5 Å². The van der Waals surface area contributed by atoms with Crippen molar-refractivity contribution in [3.8, 4) is 0 Å². The van der Waals surface area contributed by atoms with Crippen molar-refractivity contribution in [1.29, 1.82) is 0 Å². The van der Waals surface area contributed by atoms with Gasteiger partial charge in [0.25, 0.3) is 0 Å². The van der Waals surface area contributed by atoms with Gasteiger partial charge >= 0.3 is 11.7 Å². The monoisotopic (exact) mass is 241 g/mol. The van der Waals surface area contributed by atoms with E-state index < -0.39 is 22.5 Å². The number of carbonyl (C=O) groups is 1. The third-order valence-electron chi connectivity index (χ3n) is 2.22. The maximum absolute atomic E-state index is 13.0. The number of anilines is 1. The largest absolute Gasteiger partial charge is 0.328 e. The minimum Gasteiger partial charge on any atom is -0.328 e. The van der Waals surface area contributed by atoms with Gasteiger partial charge in [-0.1, -0.05) is 0 Å². The number of carbonyl (C=O) groups excluding carboxylic acids is 1. The first-order chi connectivity index (χ1) is 7.95. The second-order valence-corrected chi connectivity index (χ2v) is 3.37. The van der Waals surface area contributed by atoms with E-state index in [4.69, 9.17) is 0 Å². The first-order valence-corrected chi connectivity index (χ1v) is 4.91. The van der Waals surface area contributed by atoms with Gasteiger partial charge in [0.05, 0.1) is 4.92 Å². The first kappa shape index (κ1) is 12.9. The summed E-state index contributed by atoms with van der Waals surface area (Å²) < 4.78 is 13.0. The fourth-order valence-electron chi connectivity index (χ4n) is 1.09. The molecule has 17 heavy (non-hydrogen) atoms. The number of nitro benzene ring substituents is 1. The van der Waals surface area contributed by atoms with E-state index in [2.05, 4.69) is 5.32 Å². The lowest BCUT2D eigenvalue weighted by molar-refractivity contribution is -0.387. The zero-order chi connectivity index (χ0) is 13.0. The third-order valence-corrected chi connectivity index (χ3v) is 2.22. The Labute approximate surface area is 97.2 Å². The van der Waals surface area contributed by atoms with Gasteiger partial charge in [0.1, 0.15) is 0 Å². The smallest absolute Gasteiger partial charge is 0.321 e. The van der Waals surface area contributed by atoms with Crippen LogP contribution in [0.3, 0.4) is 0 Å². The van der Waals surface area contributed by atoms with Crippen molar-refractivity contribution in [3.05, 3.63) is 34.1 Å². The molecule has 1 N–H and O–H groups in total. The summed E-state index contributed by atoms with van der Waals surface area (Å²) in [5.74, 6) is -0.933. The molecule has 0 aliphatic heterocycles. The molecule has 0 spiro atoms. The molecular weight excluding hydrogens is 229 g/mol. The number of urea groups is 1. The highest BCUT2D eigenvalue weighted by Gasteiger charge is 2.15. The van der Waals surface area contributed by atoms with Gasteiger partial charge in [-0.2, -0.15) is 4.39 Å². The minimum absolute atomic E-state index is 0.184. The second-order valence-electron chi connectivity index (χ2n) is 3.37. The van der Waals surface area contributed by atoms with Crippen molar-refractivity contribution in [2.75, 3.05) is 18.9 Å². The molecule has 0 atom stereocenters. The van der Waals surface area contributed by atoms with Crippen LogP contribution >= 0.6 is 0 Å². The highest BCUT2D eigenvalue weighted by atomic mass is 19.1. The molecule has 1 aromatic rings. The van der Waals surface area contributed by atoms with Crippen LogP contribution in [0.1, 0.15) is 6.92 Å². The van der Waals surface area contributed by atoms with Crippen LogP contribution in [0.5, 0.6) is 0 Å². The molecule has 0 aliphatic rings. The van der Waals surface area contributed by atoms with E-state index in [1.165, 1.54) is 11.0 Å². The van der Waals surface area contributed by atoms with Crippen molar-refractivity contribution in [1.82, 2.24) is 4.90 Å². The first-order valence-electron chi connectivity index (χ1n) is 4.91. The van der Waals surface area contributed by atoms with Gasteiger partial charge in [-0.3, -0.25) is 10.1 Å². The van der Waals surface area contributed by atoms with Crippen molar-refractivity contribution in [3.63, 3.8) is 0 Å². The molecule has 0 unspecified atom stereocenters. The van der Waals surface area contributed by atoms with Crippen LogP contribution in [-0.2, 0) is 0 Å². The average Bonchev–Trinajstić information content (AvgIpc) is 2.30. The van der Waals surface area contributed by atoms with E-state index >= 15 is 0 Å². The summed E-state index contributed by atoms with van der Waals surface area (Å²) in [7, 11) is 1.58. The summed E-state index contributed by atoms with van der Waals surface area (Å²) in [4.78, 5) is 22.5. The van der Waals surface area contributed by atoms with Crippen LogP contribution in [0.25, 0.3) is 0 Å². The molecule has 0 fully saturated rings. The molecule has 0 bridgehead atoms. The number of nitrogens with one attached hydrogen (secondary N) is 1. The summed E-state index contributed by atoms with van der Waals surface area (Å²) >= 11 is 0. The molecular formula is C10H12FN3O3. The van der Waals surface area contributed by atoms with Crippen LogP contribution < -0.4 is 5.32 Å². The number of amides is 2. The molecule has 2 amide bonds. The lowest BCUT2D eigenvalue weighted by Crippen LogP contribution is -2.30. The summed E-state index contributed by atoms with van der Waals surface area (Å²) in [6.07, 6.45) is 0. The molecule has 0 saturated heterocycles. The van der Waals surface area contributed by atoms with Crippen LogP contribution in [0.4, 0.5) is 20.6 Å². The Hall–Kier alpha value is -2.18. The fraction of sp³-hybridized carbons (Fsp3) is 0.300. The number of halogens is 1. The molecule has 0 radical (unpaired) electrons. The number of nitro groups is 1. The van der Waals surface area contributed by atoms with Gasteiger partial charge in [-0.05, 0) is 19.1 Å². The van der Waals surface area contributed by atoms with E-state index in [0.29, 0.717) is 6.54 Å². The van der Waals surface area contributed by atoms with E-state index in [1.54, 1.807) is 14.0 Å². The standard InChI is InChI=1S/C10H12FN3O3/c1-3-13(2)10(15)12-7-4-5-8(11)9(6-7)14(16)17/h4-6H,3H2,1-2H3,(H,12,15). The van der Waals surface area contributed by atoms with Crippen LogP contribution in [0.15, 0.2) is 18.2 Å². The maximum atomic E-state index is 13.0. The van der Waals surface area contributed by atoms with E-state index in [0.717, 1.165) is 12.1 Å². The molecule has 0 saturated carbocycles. The Morgan fingerprint density at radius 1 is 1.59 bits per heavy atom. The summed E-state index contributed by atoms with van der Waals surface area (Å²) in [5.41, 5.74) is -0.481. The fourth-order valence-corrected chi connectivity index (χ4v) is 1.09. The summed E-state index contributed by atoms with van der Waals surface area (Å²) in [6.45, 7) is 2.28. The predicted molar refractivity (Wildman–Crippen MR) is 60.4 cm³/mol. The van der Waals surface area contributed by atoms with Crippen LogP contribution in [0.2, 0.25) is 0 Å². The second kappa shape index (κ2) is 5.24. The predicted octanol–water partition coefficient (Wildman–Crippen LogP) is 2.22. The van der Waals surface area contributed by atoms with Crippen LogP contribution in [-0.4, -0.2) is 29.4 Å². The zero-order valence-electron chi connectivity index (χ0n) is 9.44.